The van der Waals surface area contributed by atoms with Gasteiger partial charge in [-0.15, -0.1) is 0 Å². The number of aryl methyl sites for hydroxylation is 1. The number of anilines is 1. The van der Waals surface area contributed by atoms with Gasteiger partial charge < -0.3 is 10.4 Å². The fraction of sp³-hybridized carbons (Fsp3) is 0.111. The highest BCUT2D eigenvalue weighted by Crippen LogP contribution is 2.19. The highest BCUT2D eigenvalue weighted by Gasteiger charge is 2.10. The first kappa shape index (κ1) is 10.7. The van der Waals surface area contributed by atoms with Gasteiger partial charge in [0.05, 0.1) is 0 Å². The van der Waals surface area contributed by atoms with Crippen molar-refractivity contribution < 1.29 is 14.7 Å². The summed E-state index contributed by atoms with van der Waals surface area (Å²) in [7, 11) is 0. The molecular weight excluding hydrogens is 250 g/mol. The molecule has 0 aliphatic heterocycles. The Morgan fingerprint density at radius 1 is 1.43 bits per heavy atom. The number of carbonyl (C=O) groups excluding carboxylic acids is 1. The van der Waals surface area contributed by atoms with Crippen LogP contribution in [0.1, 0.15) is 5.56 Å². The fourth-order valence-corrected chi connectivity index (χ4v) is 1.15. The maximum atomic E-state index is 10.8. The molecule has 0 radical (unpaired) electrons. The van der Waals surface area contributed by atoms with Crippen LogP contribution in [0, 0.1) is 6.92 Å². The molecule has 0 heterocycles. The van der Waals surface area contributed by atoms with Crippen LogP contribution >= 0.6 is 15.9 Å². The molecule has 0 atom stereocenters. The topological polar surface area (TPSA) is 66.4 Å². The molecule has 1 aromatic rings. The van der Waals surface area contributed by atoms with Crippen molar-refractivity contribution in [2.24, 2.45) is 0 Å². The van der Waals surface area contributed by atoms with E-state index in [0.29, 0.717) is 5.69 Å². The van der Waals surface area contributed by atoms with Gasteiger partial charge in [0.25, 0.3) is 0 Å². The smallest absolute Gasteiger partial charge is 0.394 e. The molecule has 0 saturated heterocycles. The Hall–Kier alpha value is -1.36. The predicted octanol–water partition coefficient (Wildman–Crippen LogP) is 1.78. The van der Waals surface area contributed by atoms with E-state index in [1.54, 1.807) is 18.2 Å². The first-order valence-corrected chi connectivity index (χ1v) is 4.60. The van der Waals surface area contributed by atoms with Crippen LogP contribution in [0.25, 0.3) is 0 Å². The molecule has 0 aliphatic rings. The lowest BCUT2D eigenvalue weighted by atomic mass is 10.2. The van der Waals surface area contributed by atoms with Crippen LogP contribution in [0.3, 0.4) is 0 Å². The summed E-state index contributed by atoms with van der Waals surface area (Å²) in [6.45, 7) is 1.85. The van der Waals surface area contributed by atoms with E-state index >= 15 is 0 Å². The highest BCUT2D eigenvalue weighted by atomic mass is 79.9. The van der Waals surface area contributed by atoms with Crippen LogP contribution < -0.4 is 5.32 Å². The Kier molecular flexibility index (Phi) is 3.24. The van der Waals surface area contributed by atoms with Crippen molar-refractivity contribution in [1.29, 1.82) is 0 Å². The zero-order valence-corrected chi connectivity index (χ0v) is 8.96. The number of benzene rings is 1. The lowest BCUT2D eigenvalue weighted by Gasteiger charge is -2.04. The Labute approximate surface area is 89.1 Å². The van der Waals surface area contributed by atoms with Gasteiger partial charge >= 0.3 is 11.9 Å². The highest BCUT2D eigenvalue weighted by molar-refractivity contribution is 9.10. The maximum absolute atomic E-state index is 10.8. The average Bonchev–Trinajstić information content (AvgIpc) is 2.11. The summed E-state index contributed by atoms with van der Waals surface area (Å²) in [5, 5.41) is 10.6. The number of halogens is 1. The molecular formula is C9H8BrNO3. The van der Waals surface area contributed by atoms with Gasteiger partial charge in [0.2, 0.25) is 0 Å². The van der Waals surface area contributed by atoms with E-state index in [1.165, 1.54) is 0 Å². The van der Waals surface area contributed by atoms with E-state index in [1.807, 2.05) is 6.92 Å². The Morgan fingerprint density at radius 3 is 2.57 bits per heavy atom. The third kappa shape index (κ3) is 2.56. The second-order valence-corrected chi connectivity index (χ2v) is 3.58. The number of rotatable bonds is 1. The Morgan fingerprint density at radius 2 is 2.07 bits per heavy atom. The Balaban J connectivity index is 2.83. The van der Waals surface area contributed by atoms with Crippen molar-refractivity contribution in [1.82, 2.24) is 0 Å². The minimum atomic E-state index is -1.49. The summed E-state index contributed by atoms with van der Waals surface area (Å²) in [5.74, 6) is -2.53. The second-order valence-electron chi connectivity index (χ2n) is 2.72. The SMILES string of the molecule is Cc1cc(NC(=O)C(=O)O)ccc1Br. The molecule has 1 amide bonds. The van der Waals surface area contributed by atoms with Crippen LogP contribution in [0.5, 0.6) is 0 Å². The summed E-state index contributed by atoms with van der Waals surface area (Å²) >= 11 is 3.30. The van der Waals surface area contributed by atoms with E-state index in [4.69, 9.17) is 5.11 Å². The standard InChI is InChI=1S/C9H8BrNO3/c1-5-4-6(2-3-7(5)10)11-8(12)9(13)14/h2-4H,1H3,(H,11,12)(H,13,14). The number of carbonyl (C=O) groups is 2. The number of nitrogens with one attached hydrogen (secondary N) is 1. The first-order chi connectivity index (χ1) is 6.50. The van der Waals surface area contributed by atoms with Crippen molar-refractivity contribution >= 4 is 33.5 Å². The van der Waals surface area contributed by atoms with Crippen LogP contribution in [0.2, 0.25) is 0 Å². The van der Waals surface area contributed by atoms with Crippen molar-refractivity contribution in [2.45, 2.75) is 6.92 Å². The number of amides is 1. The molecule has 0 saturated carbocycles. The van der Waals surface area contributed by atoms with E-state index in [2.05, 4.69) is 21.2 Å². The van der Waals surface area contributed by atoms with Gasteiger partial charge in [-0.1, -0.05) is 15.9 Å². The van der Waals surface area contributed by atoms with Gasteiger partial charge in [-0.3, -0.25) is 4.79 Å². The summed E-state index contributed by atoms with van der Waals surface area (Å²) in [6, 6.07) is 5.05. The molecule has 0 aromatic heterocycles. The molecule has 0 aliphatic carbocycles. The van der Waals surface area contributed by atoms with Crippen LogP contribution in [-0.4, -0.2) is 17.0 Å². The lowest BCUT2D eigenvalue weighted by molar-refractivity contribution is -0.147. The fourth-order valence-electron chi connectivity index (χ4n) is 0.907. The molecule has 74 valence electrons. The van der Waals surface area contributed by atoms with Gasteiger partial charge in [0.15, 0.2) is 0 Å². The van der Waals surface area contributed by atoms with E-state index in [-0.39, 0.29) is 0 Å². The number of hydrogen-bond acceptors (Lipinski definition) is 2. The zero-order valence-electron chi connectivity index (χ0n) is 7.37. The van der Waals surface area contributed by atoms with E-state index in [9.17, 15) is 9.59 Å². The van der Waals surface area contributed by atoms with Crippen LogP contribution in [-0.2, 0) is 9.59 Å². The largest absolute Gasteiger partial charge is 0.474 e. The molecule has 1 aromatic carbocycles. The third-order valence-corrected chi connectivity index (χ3v) is 2.50. The van der Waals surface area contributed by atoms with Gasteiger partial charge in [-0.05, 0) is 30.7 Å². The molecule has 0 fully saturated rings. The summed E-state index contributed by atoms with van der Waals surface area (Å²) < 4.78 is 0.908. The number of carboxylic acid groups (broad SMARTS) is 1. The average molecular weight is 258 g/mol. The summed E-state index contributed by atoms with van der Waals surface area (Å²) in [4.78, 5) is 21.0. The molecule has 4 nitrogen and oxygen atoms in total. The van der Waals surface area contributed by atoms with Crippen molar-refractivity contribution in [2.75, 3.05) is 5.32 Å². The number of aliphatic carboxylic acids is 1. The Bertz CT molecular complexity index is 390. The zero-order chi connectivity index (χ0) is 10.7. The molecule has 0 bridgehead atoms. The van der Waals surface area contributed by atoms with E-state index < -0.39 is 11.9 Å². The van der Waals surface area contributed by atoms with Crippen molar-refractivity contribution in [3.05, 3.63) is 28.2 Å². The number of hydrogen-bond donors (Lipinski definition) is 2. The predicted molar refractivity (Wildman–Crippen MR) is 55.1 cm³/mol. The monoisotopic (exact) mass is 257 g/mol. The maximum Gasteiger partial charge on any atom is 0.394 e. The van der Waals surface area contributed by atoms with Gasteiger partial charge in [0.1, 0.15) is 0 Å². The minimum absolute atomic E-state index is 0.470. The molecule has 14 heavy (non-hydrogen) atoms. The van der Waals surface area contributed by atoms with Gasteiger partial charge in [-0.25, -0.2) is 4.79 Å². The van der Waals surface area contributed by atoms with Gasteiger partial charge in [0, 0.05) is 10.2 Å². The van der Waals surface area contributed by atoms with Crippen LogP contribution in [0.15, 0.2) is 22.7 Å². The van der Waals surface area contributed by atoms with E-state index in [0.717, 1.165) is 10.0 Å². The minimum Gasteiger partial charge on any atom is -0.474 e. The quantitative estimate of drug-likeness (QED) is 0.754. The normalized spacial score (nSPS) is 9.57. The first-order valence-electron chi connectivity index (χ1n) is 3.81. The molecule has 1 rings (SSSR count). The number of carboxylic acids is 1. The van der Waals surface area contributed by atoms with Crippen molar-refractivity contribution in [3.63, 3.8) is 0 Å². The summed E-state index contributed by atoms with van der Waals surface area (Å²) in [6.07, 6.45) is 0. The summed E-state index contributed by atoms with van der Waals surface area (Å²) in [5.41, 5.74) is 1.39. The second kappa shape index (κ2) is 4.23. The third-order valence-electron chi connectivity index (χ3n) is 1.61. The van der Waals surface area contributed by atoms with Gasteiger partial charge in [-0.2, -0.15) is 0 Å². The molecule has 5 heteroatoms. The molecule has 0 spiro atoms. The molecule has 0 unspecified atom stereocenters. The lowest BCUT2D eigenvalue weighted by Crippen LogP contribution is -2.21. The molecule has 2 N–H and O–H groups in total. The van der Waals surface area contributed by atoms with Crippen molar-refractivity contribution in [3.8, 4) is 0 Å². The van der Waals surface area contributed by atoms with Crippen LogP contribution in [0.4, 0.5) is 5.69 Å².